The molecule has 0 saturated heterocycles. The largest absolute Gasteiger partial charge is 0.504 e. The molecular formula is C13H11NO4. The molecule has 0 aliphatic heterocycles. The summed E-state index contributed by atoms with van der Waals surface area (Å²) < 4.78 is 5.39. The van der Waals surface area contributed by atoms with Gasteiger partial charge in [-0.25, -0.2) is 9.78 Å². The van der Waals surface area contributed by atoms with Gasteiger partial charge in [0.15, 0.2) is 11.5 Å². The van der Waals surface area contributed by atoms with Gasteiger partial charge in [-0.2, -0.15) is 0 Å². The molecule has 92 valence electrons. The molecule has 0 saturated carbocycles. The van der Waals surface area contributed by atoms with Crippen molar-refractivity contribution in [2.45, 2.75) is 6.61 Å². The number of phenols is 1. The highest BCUT2D eigenvalue weighted by Crippen LogP contribution is 2.25. The van der Waals surface area contributed by atoms with E-state index in [0.29, 0.717) is 11.3 Å². The second kappa shape index (κ2) is 5.18. The molecule has 0 spiro atoms. The van der Waals surface area contributed by atoms with Gasteiger partial charge in [0, 0.05) is 6.20 Å². The van der Waals surface area contributed by atoms with Gasteiger partial charge >= 0.3 is 5.97 Å². The van der Waals surface area contributed by atoms with Crippen molar-refractivity contribution in [1.82, 2.24) is 4.98 Å². The summed E-state index contributed by atoms with van der Waals surface area (Å²) in [6.45, 7) is 0.167. The molecule has 0 bridgehead atoms. The first-order valence-corrected chi connectivity index (χ1v) is 5.26. The van der Waals surface area contributed by atoms with E-state index in [0.717, 1.165) is 0 Å². The minimum Gasteiger partial charge on any atom is -0.504 e. The van der Waals surface area contributed by atoms with E-state index in [-0.39, 0.29) is 18.1 Å². The number of pyridine rings is 1. The summed E-state index contributed by atoms with van der Waals surface area (Å²) in [4.78, 5) is 14.4. The third-order valence-corrected chi connectivity index (χ3v) is 2.30. The molecule has 2 N–H and O–H groups in total. The van der Waals surface area contributed by atoms with Crippen molar-refractivity contribution in [1.29, 1.82) is 0 Å². The first-order valence-electron chi connectivity index (χ1n) is 5.26. The van der Waals surface area contributed by atoms with Crippen LogP contribution in [0, 0.1) is 0 Å². The number of carboxylic acids is 1. The zero-order chi connectivity index (χ0) is 13.0. The third-order valence-electron chi connectivity index (χ3n) is 2.30. The average Bonchev–Trinajstić information content (AvgIpc) is 2.38. The standard InChI is InChI=1S/C13H11NO4/c15-11-3-1-2-4-12(11)18-8-9-5-6-14-10(7-9)13(16)17/h1-7,15H,8H2,(H,16,17). The number of aromatic nitrogens is 1. The number of aromatic carboxylic acids is 1. The Kier molecular flexibility index (Phi) is 3.43. The second-order valence-electron chi connectivity index (χ2n) is 3.61. The number of benzene rings is 1. The van der Waals surface area contributed by atoms with Crippen molar-refractivity contribution >= 4 is 5.97 Å². The number of nitrogens with zero attached hydrogens (tertiary/aromatic N) is 1. The molecule has 0 aliphatic carbocycles. The summed E-state index contributed by atoms with van der Waals surface area (Å²) in [6.07, 6.45) is 1.41. The van der Waals surface area contributed by atoms with Gasteiger partial charge in [-0.05, 0) is 29.8 Å². The molecule has 0 unspecified atom stereocenters. The molecule has 1 aromatic heterocycles. The van der Waals surface area contributed by atoms with E-state index in [1.807, 2.05) is 0 Å². The molecule has 0 atom stereocenters. The highest BCUT2D eigenvalue weighted by molar-refractivity contribution is 5.85. The third kappa shape index (κ3) is 2.76. The van der Waals surface area contributed by atoms with Crippen LogP contribution in [0.4, 0.5) is 0 Å². The summed E-state index contributed by atoms with van der Waals surface area (Å²) in [6, 6.07) is 9.68. The number of hydrogen-bond donors (Lipinski definition) is 2. The first-order chi connectivity index (χ1) is 8.66. The lowest BCUT2D eigenvalue weighted by atomic mass is 10.2. The maximum atomic E-state index is 10.7. The lowest BCUT2D eigenvalue weighted by Gasteiger charge is -2.07. The zero-order valence-corrected chi connectivity index (χ0v) is 9.41. The van der Waals surface area contributed by atoms with Crippen molar-refractivity contribution in [2.75, 3.05) is 0 Å². The number of aromatic hydroxyl groups is 1. The molecule has 1 heterocycles. The van der Waals surface area contributed by atoms with Crippen LogP contribution in [0.15, 0.2) is 42.6 Å². The lowest BCUT2D eigenvalue weighted by Crippen LogP contribution is -2.02. The fraction of sp³-hybridized carbons (Fsp3) is 0.0769. The molecule has 18 heavy (non-hydrogen) atoms. The van der Waals surface area contributed by atoms with Gasteiger partial charge in [0.25, 0.3) is 0 Å². The van der Waals surface area contributed by atoms with E-state index in [1.54, 1.807) is 24.3 Å². The number of para-hydroxylation sites is 2. The number of carbonyl (C=O) groups is 1. The van der Waals surface area contributed by atoms with E-state index in [1.165, 1.54) is 18.3 Å². The van der Waals surface area contributed by atoms with Gasteiger partial charge in [0.2, 0.25) is 0 Å². The summed E-state index contributed by atoms with van der Waals surface area (Å²) >= 11 is 0. The number of phenolic OH excluding ortho intramolecular Hbond substituents is 1. The van der Waals surface area contributed by atoms with E-state index in [9.17, 15) is 9.90 Å². The molecule has 1 aromatic carbocycles. The molecule has 0 fully saturated rings. The highest BCUT2D eigenvalue weighted by Gasteiger charge is 2.06. The number of carboxylic acid groups (broad SMARTS) is 1. The number of ether oxygens (including phenoxy) is 1. The quantitative estimate of drug-likeness (QED) is 0.861. The predicted molar refractivity (Wildman–Crippen MR) is 63.6 cm³/mol. The first kappa shape index (κ1) is 11.9. The van der Waals surface area contributed by atoms with E-state index >= 15 is 0 Å². The summed E-state index contributed by atoms with van der Waals surface area (Å²) in [7, 11) is 0. The topological polar surface area (TPSA) is 79.7 Å². The summed E-state index contributed by atoms with van der Waals surface area (Å²) in [5, 5.41) is 18.3. The van der Waals surface area contributed by atoms with Crippen LogP contribution in [0.3, 0.4) is 0 Å². The molecule has 0 aliphatic rings. The van der Waals surface area contributed by atoms with E-state index < -0.39 is 5.97 Å². The fourth-order valence-corrected chi connectivity index (χ4v) is 1.42. The van der Waals surface area contributed by atoms with Crippen molar-refractivity contribution in [2.24, 2.45) is 0 Å². The van der Waals surface area contributed by atoms with Crippen molar-refractivity contribution in [3.63, 3.8) is 0 Å². The Morgan fingerprint density at radius 1 is 1.28 bits per heavy atom. The van der Waals surface area contributed by atoms with Crippen LogP contribution < -0.4 is 4.74 Å². The van der Waals surface area contributed by atoms with Crippen molar-refractivity contribution in [3.05, 3.63) is 53.9 Å². The fourth-order valence-electron chi connectivity index (χ4n) is 1.42. The molecule has 2 aromatic rings. The second-order valence-corrected chi connectivity index (χ2v) is 3.61. The molecule has 5 nitrogen and oxygen atoms in total. The highest BCUT2D eigenvalue weighted by atomic mass is 16.5. The molecule has 2 rings (SSSR count). The molecule has 5 heteroatoms. The van der Waals surface area contributed by atoms with Crippen LogP contribution in [0.1, 0.15) is 16.1 Å². The van der Waals surface area contributed by atoms with E-state index in [2.05, 4.69) is 4.98 Å². The Labute approximate surface area is 103 Å². The van der Waals surface area contributed by atoms with Crippen LogP contribution in [-0.2, 0) is 6.61 Å². The van der Waals surface area contributed by atoms with Crippen molar-refractivity contribution in [3.8, 4) is 11.5 Å². The summed E-state index contributed by atoms with van der Waals surface area (Å²) in [5.41, 5.74) is 0.638. The van der Waals surface area contributed by atoms with Gasteiger partial charge in [-0.1, -0.05) is 12.1 Å². The van der Waals surface area contributed by atoms with Crippen molar-refractivity contribution < 1.29 is 19.7 Å². The Hall–Kier alpha value is -2.56. The van der Waals surface area contributed by atoms with Crippen LogP contribution in [0.2, 0.25) is 0 Å². The summed E-state index contributed by atoms with van der Waals surface area (Å²) in [5.74, 6) is -0.685. The minimum absolute atomic E-state index is 0.0339. The SMILES string of the molecule is O=C(O)c1cc(COc2ccccc2O)ccn1. The molecule has 0 radical (unpaired) electrons. The maximum absolute atomic E-state index is 10.7. The normalized spacial score (nSPS) is 10.0. The Morgan fingerprint density at radius 2 is 2.06 bits per heavy atom. The van der Waals surface area contributed by atoms with E-state index in [4.69, 9.17) is 9.84 Å². The molecular weight excluding hydrogens is 234 g/mol. The predicted octanol–water partition coefficient (Wildman–Crippen LogP) is 2.06. The van der Waals surface area contributed by atoms with Gasteiger partial charge in [-0.15, -0.1) is 0 Å². The number of rotatable bonds is 4. The van der Waals surface area contributed by atoms with Gasteiger partial charge in [-0.3, -0.25) is 0 Å². The van der Waals surface area contributed by atoms with Crippen LogP contribution in [0.5, 0.6) is 11.5 Å². The Bertz CT molecular complexity index is 568. The zero-order valence-electron chi connectivity index (χ0n) is 9.41. The van der Waals surface area contributed by atoms with Gasteiger partial charge < -0.3 is 14.9 Å². The Balaban J connectivity index is 2.09. The van der Waals surface area contributed by atoms with Crippen LogP contribution in [-0.4, -0.2) is 21.2 Å². The smallest absolute Gasteiger partial charge is 0.354 e. The lowest BCUT2D eigenvalue weighted by molar-refractivity contribution is 0.0690. The Morgan fingerprint density at radius 3 is 2.78 bits per heavy atom. The monoisotopic (exact) mass is 245 g/mol. The van der Waals surface area contributed by atoms with Crippen LogP contribution >= 0.6 is 0 Å². The maximum Gasteiger partial charge on any atom is 0.354 e. The average molecular weight is 245 g/mol. The minimum atomic E-state index is -1.08. The van der Waals surface area contributed by atoms with Gasteiger partial charge in [0.05, 0.1) is 0 Å². The molecule has 0 amide bonds. The number of hydrogen-bond acceptors (Lipinski definition) is 4. The van der Waals surface area contributed by atoms with Gasteiger partial charge in [0.1, 0.15) is 12.3 Å². The van der Waals surface area contributed by atoms with Crippen LogP contribution in [0.25, 0.3) is 0 Å².